The Labute approximate surface area is 183 Å². The zero-order chi connectivity index (χ0) is 21.6. The lowest BCUT2D eigenvalue weighted by Gasteiger charge is -2.09. The Balaban J connectivity index is 1.54. The smallest absolute Gasteiger partial charge is 0.228 e. The second-order valence-corrected chi connectivity index (χ2v) is 7.08. The van der Waals surface area contributed by atoms with Crippen LogP contribution < -0.4 is 10.6 Å². The molecule has 4 aromatic rings. The highest BCUT2D eigenvalue weighted by atomic mass is 35.5. The van der Waals surface area contributed by atoms with E-state index in [1.165, 1.54) is 6.21 Å². The molecule has 0 atom stereocenters. The molecule has 0 aliphatic rings. The molecule has 9 nitrogen and oxygen atoms in total. The molecule has 156 valence electrons. The standard InChI is InChI=1S/C21H20ClN9/c1-24-18(7-9-23)28-21-25-10-8-17(27-21)15-12-20-30-29-19(31(20)26-13-15)6-5-14-3-2-4-16(22)11-14/h2-4,7-13,23-24H,5-6H2,1H3,(H,25,27,28)/b18-7+,23-9?. The SMILES string of the molecule is CN/C(=C\C=N)Nc1nccc(-c2cnn3c(CCc4cccc(Cl)c4)nnc3c2)n1. The molecule has 0 saturated heterocycles. The highest BCUT2D eigenvalue weighted by Gasteiger charge is 2.10. The van der Waals surface area contributed by atoms with Gasteiger partial charge in [0.05, 0.1) is 11.9 Å². The van der Waals surface area contributed by atoms with Gasteiger partial charge in [-0.05, 0) is 42.3 Å². The molecule has 0 unspecified atom stereocenters. The zero-order valence-corrected chi connectivity index (χ0v) is 17.5. The molecule has 0 saturated carbocycles. The van der Waals surface area contributed by atoms with E-state index in [0.717, 1.165) is 28.4 Å². The molecule has 0 amide bonds. The van der Waals surface area contributed by atoms with Crippen molar-refractivity contribution in [2.24, 2.45) is 0 Å². The minimum atomic E-state index is 0.406. The van der Waals surface area contributed by atoms with E-state index in [-0.39, 0.29) is 0 Å². The third-order valence-electron chi connectivity index (χ3n) is 4.57. The zero-order valence-electron chi connectivity index (χ0n) is 16.7. The van der Waals surface area contributed by atoms with Gasteiger partial charge in [0.2, 0.25) is 5.95 Å². The van der Waals surface area contributed by atoms with Crippen molar-refractivity contribution in [1.29, 1.82) is 5.41 Å². The monoisotopic (exact) mass is 433 g/mol. The number of aromatic nitrogens is 6. The Morgan fingerprint density at radius 1 is 1.19 bits per heavy atom. The van der Waals surface area contributed by atoms with Crippen LogP contribution >= 0.6 is 11.6 Å². The maximum Gasteiger partial charge on any atom is 0.228 e. The van der Waals surface area contributed by atoms with Gasteiger partial charge < -0.3 is 16.0 Å². The number of rotatable bonds is 8. The lowest BCUT2D eigenvalue weighted by Crippen LogP contribution is -2.16. The molecule has 0 fully saturated rings. The number of nitrogens with one attached hydrogen (secondary N) is 3. The first-order valence-electron chi connectivity index (χ1n) is 9.60. The quantitative estimate of drug-likeness (QED) is 0.365. The number of hydrogen-bond acceptors (Lipinski definition) is 8. The number of allylic oxidation sites excluding steroid dienone is 1. The summed E-state index contributed by atoms with van der Waals surface area (Å²) >= 11 is 6.06. The molecule has 3 heterocycles. The van der Waals surface area contributed by atoms with Crippen LogP contribution in [0.2, 0.25) is 5.02 Å². The van der Waals surface area contributed by atoms with Crippen LogP contribution in [-0.2, 0) is 12.8 Å². The molecule has 3 aromatic heterocycles. The van der Waals surface area contributed by atoms with Gasteiger partial charge in [-0.15, -0.1) is 10.2 Å². The van der Waals surface area contributed by atoms with Crippen molar-refractivity contribution in [2.45, 2.75) is 12.8 Å². The first-order chi connectivity index (χ1) is 15.2. The number of anilines is 1. The van der Waals surface area contributed by atoms with Crippen LogP contribution in [0.25, 0.3) is 16.9 Å². The molecule has 10 heteroatoms. The minimum absolute atomic E-state index is 0.406. The van der Waals surface area contributed by atoms with Crippen LogP contribution in [0.1, 0.15) is 11.4 Å². The van der Waals surface area contributed by atoms with Crippen LogP contribution in [0.4, 0.5) is 5.95 Å². The summed E-state index contributed by atoms with van der Waals surface area (Å²) in [5, 5.41) is 27.0. The van der Waals surface area contributed by atoms with Crippen molar-refractivity contribution >= 4 is 29.4 Å². The van der Waals surface area contributed by atoms with Crippen molar-refractivity contribution in [3.8, 4) is 11.3 Å². The third kappa shape index (κ3) is 4.84. The normalized spacial score (nSPS) is 11.5. The Hall–Kier alpha value is -3.85. The lowest BCUT2D eigenvalue weighted by molar-refractivity contribution is 0.784. The molecular formula is C21H20ClN9. The average Bonchev–Trinajstić information content (AvgIpc) is 3.20. The Bertz CT molecular complexity index is 1250. The largest absolute Gasteiger partial charge is 0.375 e. The van der Waals surface area contributed by atoms with E-state index in [1.54, 1.807) is 36.1 Å². The van der Waals surface area contributed by atoms with E-state index in [0.29, 0.717) is 29.5 Å². The van der Waals surface area contributed by atoms with E-state index in [9.17, 15) is 0 Å². The van der Waals surface area contributed by atoms with E-state index < -0.39 is 0 Å². The second-order valence-electron chi connectivity index (χ2n) is 6.65. The third-order valence-corrected chi connectivity index (χ3v) is 4.80. The number of fused-ring (bicyclic) bond motifs is 1. The van der Waals surface area contributed by atoms with Gasteiger partial charge in [-0.3, -0.25) is 0 Å². The summed E-state index contributed by atoms with van der Waals surface area (Å²) in [5.41, 5.74) is 3.28. The molecule has 0 spiro atoms. The van der Waals surface area contributed by atoms with Crippen molar-refractivity contribution in [2.75, 3.05) is 12.4 Å². The van der Waals surface area contributed by atoms with Crippen molar-refractivity contribution < 1.29 is 0 Å². The Morgan fingerprint density at radius 3 is 2.90 bits per heavy atom. The van der Waals surface area contributed by atoms with Gasteiger partial charge in [-0.1, -0.05) is 23.7 Å². The van der Waals surface area contributed by atoms with Crippen LogP contribution in [0, 0.1) is 5.41 Å². The molecule has 0 aliphatic carbocycles. The number of hydrogen-bond donors (Lipinski definition) is 3. The summed E-state index contributed by atoms with van der Waals surface area (Å²) in [4.78, 5) is 8.74. The molecule has 0 radical (unpaired) electrons. The molecule has 0 aliphatic heterocycles. The van der Waals surface area contributed by atoms with Gasteiger partial charge in [0.1, 0.15) is 5.82 Å². The molecular weight excluding hydrogens is 414 g/mol. The average molecular weight is 434 g/mol. The van der Waals surface area contributed by atoms with Crippen LogP contribution in [0.15, 0.2) is 60.7 Å². The summed E-state index contributed by atoms with van der Waals surface area (Å²) < 4.78 is 1.74. The van der Waals surface area contributed by atoms with E-state index in [4.69, 9.17) is 17.0 Å². The molecule has 3 N–H and O–H groups in total. The predicted molar refractivity (Wildman–Crippen MR) is 120 cm³/mol. The number of nitrogens with zero attached hydrogens (tertiary/aromatic N) is 6. The number of benzene rings is 1. The van der Waals surface area contributed by atoms with Gasteiger partial charge in [0.15, 0.2) is 11.5 Å². The van der Waals surface area contributed by atoms with Gasteiger partial charge in [0.25, 0.3) is 0 Å². The van der Waals surface area contributed by atoms with Crippen molar-refractivity contribution in [1.82, 2.24) is 35.1 Å². The summed E-state index contributed by atoms with van der Waals surface area (Å²) in [6.45, 7) is 0. The maximum absolute atomic E-state index is 7.19. The molecule has 4 rings (SSSR count). The van der Waals surface area contributed by atoms with Gasteiger partial charge >= 0.3 is 0 Å². The fourth-order valence-electron chi connectivity index (χ4n) is 3.05. The first-order valence-corrected chi connectivity index (χ1v) is 9.98. The van der Waals surface area contributed by atoms with Crippen molar-refractivity contribution in [3.63, 3.8) is 0 Å². The predicted octanol–water partition coefficient (Wildman–Crippen LogP) is 3.14. The van der Waals surface area contributed by atoms with Crippen LogP contribution in [-0.4, -0.2) is 43.0 Å². The van der Waals surface area contributed by atoms with Gasteiger partial charge in [0, 0.05) is 36.5 Å². The first kappa shape index (κ1) is 20.4. The summed E-state index contributed by atoms with van der Waals surface area (Å²) in [6, 6.07) is 11.5. The lowest BCUT2D eigenvalue weighted by atomic mass is 10.1. The highest BCUT2D eigenvalue weighted by molar-refractivity contribution is 6.30. The topological polar surface area (TPSA) is 117 Å². The van der Waals surface area contributed by atoms with Crippen LogP contribution in [0.3, 0.4) is 0 Å². The number of halogens is 1. The van der Waals surface area contributed by atoms with E-state index in [1.807, 2.05) is 30.3 Å². The molecule has 31 heavy (non-hydrogen) atoms. The Morgan fingerprint density at radius 2 is 2.10 bits per heavy atom. The molecule has 0 bridgehead atoms. The maximum atomic E-state index is 7.19. The summed E-state index contributed by atoms with van der Waals surface area (Å²) in [7, 11) is 1.75. The van der Waals surface area contributed by atoms with Gasteiger partial charge in [-0.25, -0.2) is 9.97 Å². The summed E-state index contributed by atoms with van der Waals surface area (Å²) in [6.07, 6.45) is 7.63. The van der Waals surface area contributed by atoms with Gasteiger partial charge in [-0.2, -0.15) is 9.61 Å². The van der Waals surface area contributed by atoms with Crippen LogP contribution in [0.5, 0.6) is 0 Å². The second kappa shape index (κ2) is 9.31. The van der Waals surface area contributed by atoms with E-state index in [2.05, 4.69) is 35.9 Å². The Kier molecular flexibility index (Phi) is 6.13. The minimum Gasteiger partial charge on any atom is -0.375 e. The number of aryl methyl sites for hydroxylation is 2. The highest BCUT2D eigenvalue weighted by Crippen LogP contribution is 2.19. The van der Waals surface area contributed by atoms with E-state index >= 15 is 0 Å². The fourth-order valence-corrected chi connectivity index (χ4v) is 3.27. The van der Waals surface area contributed by atoms with Crippen molar-refractivity contribution in [3.05, 3.63) is 77.1 Å². The fraction of sp³-hybridized carbons (Fsp3) is 0.143. The summed E-state index contributed by atoms with van der Waals surface area (Å²) in [5.74, 6) is 1.80. The molecule has 1 aromatic carbocycles.